The molecule has 11 N–H and O–H groups in total. The standard InChI is InChI=1S/C88H140N10O19/c1-64(47-52-79(105)116-86(7,8)9)93-83(109)71(97-81(107)66(3)94-80(106)65(2)95-82(108)70(89)48-50-75(101)98-88(67-38-28-25-29-39-67,68-40-30-26-31-41-68)69-42-32-27-33-43-69)44-36-37-53-90-76(102)62-113-60-59-112-57-55-92-77(103)63-114-61-58-111-56-54-91-73(99)51-49-72(84(110)117-87(10,11)12)96-74(100)45-34-23-21-19-17-15-13-14-16-18-20-22-24-35-46-78(104)115-85(4,5)6/h25-33,38-43,64-66,70-72H,13-24,34-37,44-63,89H2,1-12H3,(H,90,102)(H,91,99)(H,92,103)(H,93,109)(H,94,106)(H,95,108)(H,96,100)(H,97,107)(H,98,101). The molecule has 29 nitrogen and oxygen atoms in total. The Labute approximate surface area is 694 Å². The minimum Gasteiger partial charge on any atom is -0.460 e. The quantitative estimate of drug-likeness (QED) is 0.0109. The highest BCUT2D eigenvalue weighted by Crippen LogP contribution is 2.37. The summed E-state index contributed by atoms with van der Waals surface area (Å²) in [5.41, 5.74) is 5.79. The lowest BCUT2D eigenvalue weighted by Gasteiger charge is -2.37. The molecule has 3 aromatic rings. The molecular formula is C88H140N10O19. The summed E-state index contributed by atoms with van der Waals surface area (Å²) in [6, 6.07) is 22.6. The molecular weight excluding hydrogens is 1500 g/mol. The molecule has 117 heavy (non-hydrogen) atoms. The molecule has 0 aliphatic carbocycles. The minimum absolute atomic E-state index is 0.0230. The van der Waals surface area contributed by atoms with E-state index in [0.717, 1.165) is 55.2 Å². The maximum Gasteiger partial charge on any atom is 0.329 e. The van der Waals surface area contributed by atoms with Crippen LogP contribution in [0.1, 0.15) is 260 Å². The van der Waals surface area contributed by atoms with E-state index < -0.39 is 100 Å². The van der Waals surface area contributed by atoms with Gasteiger partial charge in [0, 0.05) is 57.8 Å². The molecule has 3 rings (SSSR count). The van der Waals surface area contributed by atoms with Gasteiger partial charge in [-0.3, -0.25) is 52.7 Å². The topological polar surface area (TPSA) is 404 Å². The first kappa shape index (κ1) is 102. The summed E-state index contributed by atoms with van der Waals surface area (Å²) in [5.74, 6) is -5.52. The van der Waals surface area contributed by atoms with Crippen LogP contribution in [0.15, 0.2) is 91.0 Å². The number of carbonyl (C=O) groups is 12. The van der Waals surface area contributed by atoms with Gasteiger partial charge >= 0.3 is 17.9 Å². The number of rotatable bonds is 61. The van der Waals surface area contributed by atoms with Crippen LogP contribution >= 0.6 is 0 Å². The molecule has 29 heteroatoms. The summed E-state index contributed by atoms with van der Waals surface area (Å²) in [6.45, 7) is 21.7. The molecule has 0 saturated heterocycles. The molecule has 0 aromatic heterocycles. The SMILES string of the molecule is CC(CCC(=O)OC(C)(C)C)NC(=O)C(CCCCNC(=O)COCCOCCNC(=O)COCCOCCNC(=O)CCC(NC(=O)CCCCCCCCCCCCCCCCC(=O)OC(C)(C)C)C(=O)OC(C)(C)C)NC(=O)C(C)NC(=O)C(C)NC(=O)C(N)CCC(=O)NC(c1ccccc1)(c1ccccc1)c1ccccc1. The Kier molecular flexibility index (Phi) is 50.1. The number of unbranched alkanes of at least 4 members (excludes halogenated alkanes) is 14. The second kappa shape index (κ2) is 57.3. The Morgan fingerprint density at radius 2 is 0.735 bits per heavy atom. The van der Waals surface area contributed by atoms with E-state index in [4.69, 9.17) is 38.9 Å². The average Bonchev–Trinajstić information content (AvgIpc) is 0.754. The van der Waals surface area contributed by atoms with Crippen molar-refractivity contribution in [3.8, 4) is 0 Å². The maximum atomic E-state index is 13.9. The fourth-order valence-corrected chi connectivity index (χ4v) is 12.4. The van der Waals surface area contributed by atoms with E-state index in [2.05, 4.69) is 47.9 Å². The Hall–Kier alpha value is -8.90. The molecule has 0 fully saturated rings. The second-order valence-corrected chi connectivity index (χ2v) is 32.7. The van der Waals surface area contributed by atoms with Crippen LogP contribution < -0.4 is 53.6 Å². The number of nitrogens with one attached hydrogen (secondary N) is 9. The predicted molar refractivity (Wildman–Crippen MR) is 447 cm³/mol. The Bertz CT molecular complexity index is 3330. The number of esters is 3. The smallest absolute Gasteiger partial charge is 0.329 e. The van der Waals surface area contributed by atoms with Crippen LogP contribution in [-0.4, -0.2) is 197 Å². The van der Waals surface area contributed by atoms with Gasteiger partial charge in [0.2, 0.25) is 53.2 Å². The summed E-state index contributed by atoms with van der Waals surface area (Å²) in [6.07, 6.45) is 17.2. The van der Waals surface area contributed by atoms with Gasteiger partial charge in [0.15, 0.2) is 0 Å². The molecule has 0 radical (unpaired) electrons. The molecule has 0 heterocycles. The Morgan fingerprint density at radius 1 is 0.333 bits per heavy atom. The summed E-state index contributed by atoms with van der Waals surface area (Å²) in [5, 5.41) is 25.0. The molecule has 0 saturated carbocycles. The van der Waals surface area contributed by atoms with Gasteiger partial charge in [0.1, 0.15) is 59.7 Å². The van der Waals surface area contributed by atoms with Gasteiger partial charge in [0.25, 0.3) is 0 Å². The zero-order valence-electron chi connectivity index (χ0n) is 71.9. The number of amides is 9. The van der Waals surface area contributed by atoms with Gasteiger partial charge in [-0.05, 0) is 151 Å². The predicted octanol–water partition coefficient (Wildman–Crippen LogP) is 9.10. The number of hydrogen-bond acceptors (Lipinski definition) is 20. The van der Waals surface area contributed by atoms with Crippen molar-refractivity contribution < 1.29 is 90.7 Å². The van der Waals surface area contributed by atoms with Gasteiger partial charge in [-0.25, -0.2) is 4.79 Å². The van der Waals surface area contributed by atoms with Crippen molar-refractivity contribution in [1.82, 2.24) is 47.9 Å². The summed E-state index contributed by atoms with van der Waals surface area (Å²) >= 11 is 0. The molecule has 0 spiro atoms. The van der Waals surface area contributed by atoms with Crippen molar-refractivity contribution in [2.24, 2.45) is 5.73 Å². The van der Waals surface area contributed by atoms with Gasteiger partial charge in [-0.2, -0.15) is 0 Å². The van der Waals surface area contributed by atoms with Crippen LogP contribution in [0.4, 0.5) is 0 Å². The first-order valence-corrected chi connectivity index (χ1v) is 42.1. The van der Waals surface area contributed by atoms with Gasteiger partial charge in [0.05, 0.1) is 45.7 Å². The van der Waals surface area contributed by atoms with E-state index in [9.17, 15) is 57.5 Å². The average molecular weight is 1640 g/mol. The van der Waals surface area contributed by atoms with Crippen LogP contribution in [0.25, 0.3) is 0 Å². The van der Waals surface area contributed by atoms with E-state index in [1.165, 1.54) is 58.8 Å². The lowest BCUT2D eigenvalue weighted by atomic mass is 9.77. The van der Waals surface area contributed by atoms with E-state index in [1.54, 1.807) is 48.5 Å². The molecule has 0 aliphatic rings. The van der Waals surface area contributed by atoms with Gasteiger partial charge in [-0.15, -0.1) is 0 Å². The fraction of sp³-hybridized carbons (Fsp3) is 0.659. The zero-order valence-corrected chi connectivity index (χ0v) is 71.9. The van der Waals surface area contributed by atoms with E-state index >= 15 is 0 Å². The third-order valence-corrected chi connectivity index (χ3v) is 18.4. The van der Waals surface area contributed by atoms with Crippen LogP contribution in [0, 0.1) is 0 Å². The third-order valence-electron chi connectivity index (χ3n) is 18.4. The van der Waals surface area contributed by atoms with Crippen molar-refractivity contribution >= 4 is 71.1 Å². The lowest BCUT2D eigenvalue weighted by molar-refractivity contribution is -0.159. The zero-order chi connectivity index (χ0) is 86.5. The lowest BCUT2D eigenvalue weighted by Crippen LogP contribution is -2.56. The summed E-state index contributed by atoms with van der Waals surface area (Å²) in [4.78, 5) is 156. The first-order valence-electron chi connectivity index (χ1n) is 42.1. The maximum absolute atomic E-state index is 13.9. The number of ether oxygens (including phenoxy) is 7. The number of benzene rings is 3. The Morgan fingerprint density at radius 3 is 1.21 bits per heavy atom. The largest absolute Gasteiger partial charge is 0.460 e. The molecule has 9 amide bonds. The van der Waals surface area contributed by atoms with Crippen LogP contribution in [0.5, 0.6) is 0 Å². The van der Waals surface area contributed by atoms with Crippen molar-refractivity contribution in [3.63, 3.8) is 0 Å². The molecule has 656 valence electrons. The van der Waals surface area contributed by atoms with E-state index in [-0.39, 0.29) is 153 Å². The monoisotopic (exact) mass is 1640 g/mol. The minimum atomic E-state index is -1.18. The number of hydrogen-bond donors (Lipinski definition) is 10. The van der Waals surface area contributed by atoms with Gasteiger partial charge < -0.3 is 86.7 Å². The van der Waals surface area contributed by atoms with E-state index in [1.807, 2.05) is 112 Å². The van der Waals surface area contributed by atoms with Crippen LogP contribution in [0.3, 0.4) is 0 Å². The molecule has 6 atom stereocenters. The molecule has 0 bridgehead atoms. The second-order valence-electron chi connectivity index (χ2n) is 32.7. The van der Waals surface area contributed by atoms with Crippen molar-refractivity contribution in [2.75, 3.05) is 72.5 Å². The molecule has 6 unspecified atom stereocenters. The molecule has 3 aromatic carbocycles. The van der Waals surface area contributed by atoms with Crippen LogP contribution in [0.2, 0.25) is 0 Å². The number of nitrogens with two attached hydrogens (primary N) is 1. The summed E-state index contributed by atoms with van der Waals surface area (Å²) in [7, 11) is 0. The van der Waals surface area contributed by atoms with Crippen molar-refractivity contribution in [3.05, 3.63) is 108 Å². The normalized spacial score (nSPS) is 13.2. The highest BCUT2D eigenvalue weighted by molar-refractivity contribution is 5.95. The number of carbonyl (C=O) groups excluding carboxylic acids is 12. The van der Waals surface area contributed by atoms with Crippen molar-refractivity contribution in [2.45, 2.75) is 302 Å². The third kappa shape index (κ3) is 47.9. The summed E-state index contributed by atoms with van der Waals surface area (Å²) < 4.78 is 38.2. The van der Waals surface area contributed by atoms with Gasteiger partial charge in [-0.1, -0.05) is 168 Å². The first-order chi connectivity index (χ1) is 55.6. The Balaban J connectivity index is 1.28. The van der Waals surface area contributed by atoms with Crippen molar-refractivity contribution in [1.29, 1.82) is 0 Å². The van der Waals surface area contributed by atoms with Crippen LogP contribution in [-0.2, 0) is 96.2 Å². The highest BCUT2D eigenvalue weighted by Gasteiger charge is 2.39. The highest BCUT2D eigenvalue weighted by atomic mass is 16.6. The molecule has 0 aliphatic heterocycles. The van der Waals surface area contributed by atoms with E-state index in [0.29, 0.717) is 25.7 Å². The fourth-order valence-electron chi connectivity index (χ4n) is 12.4.